The van der Waals surface area contributed by atoms with Gasteiger partial charge in [0.25, 0.3) is 0 Å². The minimum atomic E-state index is -1.01. The molecule has 0 aliphatic heterocycles. The maximum absolute atomic E-state index is 10.6. The summed E-state index contributed by atoms with van der Waals surface area (Å²) in [5.74, 6) is -0.377. The molecule has 74 valence electrons. The van der Waals surface area contributed by atoms with E-state index in [9.17, 15) is 4.79 Å². The van der Waals surface area contributed by atoms with Gasteiger partial charge in [0.15, 0.2) is 0 Å². The van der Waals surface area contributed by atoms with Gasteiger partial charge in [-0.1, -0.05) is 29.8 Å². The zero-order chi connectivity index (χ0) is 10.6. The van der Waals surface area contributed by atoms with Crippen LogP contribution >= 0.6 is 24.2 Å². The molecule has 1 N–H and O–H groups in total. The molecule has 0 aliphatic rings. The summed E-state index contributed by atoms with van der Waals surface area (Å²) in [4.78, 5) is 10.6. The van der Waals surface area contributed by atoms with Crippen LogP contribution in [0.2, 0.25) is 5.02 Å². The van der Waals surface area contributed by atoms with Gasteiger partial charge in [0.2, 0.25) is 0 Å². The zero-order valence-corrected chi connectivity index (χ0v) is 8.92. The average molecular weight is 229 g/mol. The fourth-order valence-corrected chi connectivity index (χ4v) is 1.37. The van der Waals surface area contributed by atoms with Gasteiger partial charge in [0.05, 0.1) is 10.6 Å². The molecule has 0 aromatic heterocycles. The van der Waals surface area contributed by atoms with E-state index in [1.165, 1.54) is 6.07 Å². The average Bonchev–Trinajstić information content (AvgIpc) is 2.14. The SMILES string of the molecule is O=C(O)c1ccc(C=CCS)cc1Cl. The second-order valence-corrected chi connectivity index (χ2v) is 3.40. The first kappa shape index (κ1) is 11.1. The van der Waals surface area contributed by atoms with Gasteiger partial charge in [-0.25, -0.2) is 4.79 Å². The topological polar surface area (TPSA) is 37.3 Å². The second kappa shape index (κ2) is 5.08. The molecule has 14 heavy (non-hydrogen) atoms. The van der Waals surface area contributed by atoms with Crippen molar-refractivity contribution in [1.82, 2.24) is 0 Å². The lowest BCUT2D eigenvalue weighted by Gasteiger charge is -1.99. The van der Waals surface area contributed by atoms with Crippen LogP contribution in [-0.2, 0) is 0 Å². The van der Waals surface area contributed by atoms with Crippen molar-refractivity contribution in [3.8, 4) is 0 Å². The summed E-state index contributed by atoms with van der Waals surface area (Å²) in [7, 11) is 0. The largest absolute Gasteiger partial charge is 0.478 e. The van der Waals surface area contributed by atoms with Gasteiger partial charge in [-0.3, -0.25) is 0 Å². The molecule has 1 rings (SSSR count). The summed E-state index contributed by atoms with van der Waals surface area (Å²) < 4.78 is 0. The number of aromatic carboxylic acids is 1. The van der Waals surface area contributed by atoms with E-state index in [2.05, 4.69) is 12.6 Å². The summed E-state index contributed by atoms with van der Waals surface area (Å²) in [6, 6.07) is 4.81. The second-order valence-electron chi connectivity index (χ2n) is 2.63. The van der Waals surface area contributed by atoms with Gasteiger partial charge in [0, 0.05) is 5.75 Å². The number of rotatable bonds is 3. The minimum Gasteiger partial charge on any atom is -0.478 e. The molecule has 0 fully saturated rings. The minimum absolute atomic E-state index is 0.120. The van der Waals surface area contributed by atoms with Crippen LogP contribution in [0.4, 0.5) is 0 Å². The standard InChI is InChI=1S/C10H9ClO2S/c11-9-6-7(2-1-5-14)3-4-8(9)10(12)13/h1-4,6,14H,5H2,(H,12,13). The van der Waals surface area contributed by atoms with Crippen LogP contribution in [0.3, 0.4) is 0 Å². The zero-order valence-electron chi connectivity index (χ0n) is 7.27. The van der Waals surface area contributed by atoms with Crippen LogP contribution < -0.4 is 0 Å². The first-order chi connectivity index (χ1) is 6.65. The van der Waals surface area contributed by atoms with E-state index in [-0.39, 0.29) is 10.6 Å². The maximum Gasteiger partial charge on any atom is 0.337 e. The Bertz CT molecular complexity index is 374. The number of hydrogen-bond acceptors (Lipinski definition) is 2. The van der Waals surface area contributed by atoms with Crippen molar-refractivity contribution in [3.05, 3.63) is 40.4 Å². The monoisotopic (exact) mass is 228 g/mol. The molecule has 0 radical (unpaired) electrons. The van der Waals surface area contributed by atoms with Crippen LogP contribution in [0.15, 0.2) is 24.3 Å². The summed E-state index contributed by atoms with van der Waals surface area (Å²) in [6.45, 7) is 0. The molecular weight excluding hydrogens is 220 g/mol. The third-order valence-corrected chi connectivity index (χ3v) is 2.16. The van der Waals surface area contributed by atoms with E-state index in [0.29, 0.717) is 5.75 Å². The van der Waals surface area contributed by atoms with E-state index in [4.69, 9.17) is 16.7 Å². The van der Waals surface area contributed by atoms with Crippen LogP contribution in [0.5, 0.6) is 0 Å². The summed E-state index contributed by atoms with van der Waals surface area (Å²) in [5, 5.41) is 8.97. The predicted octanol–water partition coefficient (Wildman–Crippen LogP) is 2.98. The Hall–Kier alpha value is -0.930. The van der Waals surface area contributed by atoms with E-state index >= 15 is 0 Å². The molecule has 1 aromatic carbocycles. The number of benzene rings is 1. The molecule has 0 heterocycles. The molecule has 0 amide bonds. The normalized spacial score (nSPS) is 10.7. The van der Waals surface area contributed by atoms with Gasteiger partial charge in [-0.05, 0) is 17.7 Å². The number of hydrogen-bond donors (Lipinski definition) is 2. The van der Waals surface area contributed by atoms with Gasteiger partial charge in [0.1, 0.15) is 0 Å². The molecule has 0 aliphatic carbocycles. The Balaban J connectivity index is 3.00. The van der Waals surface area contributed by atoms with Crippen molar-refractivity contribution in [1.29, 1.82) is 0 Å². The summed E-state index contributed by atoms with van der Waals surface area (Å²) in [5.41, 5.74) is 0.990. The van der Waals surface area contributed by atoms with Crippen LogP contribution in [-0.4, -0.2) is 16.8 Å². The quantitative estimate of drug-likeness (QED) is 0.781. The van der Waals surface area contributed by atoms with E-state index in [1.54, 1.807) is 12.1 Å². The van der Waals surface area contributed by atoms with E-state index in [1.807, 2.05) is 12.2 Å². The van der Waals surface area contributed by atoms with E-state index in [0.717, 1.165) is 5.56 Å². The highest BCUT2D eigenvalue weighted by Gasteiger charge is 2.07. The van der Waals surface area contributed by atoms with Gasteiger partial charge < -0.3 is 5.11 Å². The molecule has 0 atom stereocenters. The number of carboxylic acids is 1. The first-order valence-corrected chi connectivity index (χ1v) is 4.96. The van der Waals surface area contributed by atoms with Crippen molar-refractivity contribution < 1.29 is 9.90 Å². The van der Waals surface area contributed by atoms with Crippen LogP contribution in [0, 0.1) is 0 Å². The molecule has 0 bridgehead atoms. The van der Waals surface area contributed by atoms with Crippen molar-refractivity contribution >= 4 is 36.3 Å². The van der Waals surface area contributed by atoms with Crippen molar-refractivity contribution in [2.45, 2.75) is 0 Å². The fraction of sp³-hybridized carbons (Fsp3) is 0.100. The Morgan fingerprint density at radius 1 is 1.57 bits per heavy atom. The Kier molecular flexibility index (Phi) is 4.04. The maximum atomic E-state index is 10.6. The highest BCUT2D eigenvalue weighted by atomic mass is 35.5. The molecule has 0 saturated carbocycles. The van der Waals surface area contributed by atoms with Crippen molar-refractivity contribution in [2.24, 2.45) is 0 Å². The first-order valence-electron chi connectivity index (χ1n) is 3.95. The van der Waals surface area contributed by atoms with Gasteiger partial charge in [-0.2, -0.15) is 12.6 Å². The number of carbonyl (C=O) groups is 1. The Morgan fingerprint density at radius 2 is 2.29 bits per heavy atom. The summed E-state index contributed by atoms with van der Waals surface area (Å²) >= 11 is 9.79. The van der Waals surface area contributed by atoms with Gasteiger partial charge >= 0.3 is 5.97 Å². The summed E-state index contributed by atoms with van der Waals surface area (Å²) in [6.07, 6.45) is 3.69. The lowest BCUT2D eigenvalue weighted by atomic mass is 10.1. The van der Waals surface area contributed by atoms with E-state index < -0.39 is 5.97 Å². The molecular formula is C10H9ClO2S. The van der Waals surface area contributed by atoms with Crippen LogP contribution in [0.1, 0.15) is 15.9 Å². The Morgan fingerprint density at radius 3 is 2.79 bits per heavy atom. The number of carboxylic acid groups (broad SMARTS) is 1. The molecule has 0 unspecified atom stereocenters. The number of halogens is 1. The third kappa shape index (κ3) is 2.79. The third-order valence-electron chi connectivity index (χ3n) is 1.64. The van der Waals surface area contributed by atoms with Crippen molar-refractivity contribution in [3.63, 3.8) is 0 Å². The Labute approximate surface area is 92.6 Å². The predicted molar refractivity (Wildman–Crippen MR) is 61.3 cm³/mol. The highest BCUT2D eigenvalue weighted by Crippen LogP contribution is 2.18. The van der Waals surface area contributed by atoms with Crippen molar-refractivity contribution in [2.75, 3.05) is 5.75 Å². The molecule has 0 saturated heterocycles. The molecule has 0 spiro atoms. The number of thiol groups is 1. The van der Waals surface area contributed by atoms with Crippen LogP contribution in [0.25, 0.3) is 6.08 Å². The molecule has 1 aromatic rings. The lowest BCUT2D eigenvalue weighted by Crippen LogP contribution is -1.96. The van der Waals surface area contributed by atoms with Gasteiger partial charge in [-0.15, -0.1) is 0 Å². The smallest absolute Gasteiger partial charge is 0.337 e. The fourth-order valence-electron chi connectivity index (χ4n) is 0.997. The lowest BCUT2D eigenvalue weighted by molar-refractivity contribution is 0.0697. The highest BCUT2D eigenvalue weighted by molar-refractivity contribution is 7.80. The molecule has 2 nitrogen and oxygen atoms in total. The molecule has 4 heteroatoms.